The first kappa shape index (κ1) is 36.4. The van der Waals surface area contributed by atoms with Crippen LogP contribution in [0.4, 0.5) is 10.1 Å². The first-order chi connectivity index (χ1) is 24.2. The van der Waals surface area contributed by atoms with Crippen molar-refractivity contribution in [2.75, 3.05) is 24.6 Å². The van der Waals surface area contributed by atoms with Gasteiger partial charge >= 0.3 is 0 Å². The van der Waals surface area contributed by atoms with Gasteiger partial charge in [-0.1, -0.05) is 61.7 Å². The lowest BCUT2D eigenvalue weighted by molar-refractivity contribution is -0.140. The van der Waals surface area contributed by atoms with Crippen LogP contribution < -0.4 is 19.1 Å². The van der Waals surface area contributed by atoms with Gasteiger partial charge in [-0.3, -0.25) is 13.9 Å². The third kappa shape index (κ3) is 9.41. The van der Waals surface area contributed by atoms with Gasteiger partial charge in [-0.15, -0.1) is 0 Å². The van der Waals surface area contributed by atoms with Gasteiger partial charge in [0.1, 0.15) is 29.9 Å². The van der Waals surface area contributed by atoms with Crippen LogP contribution in [0.25, 0.3) is 0 Å². The Hall–Kier alpha value is -4.90. The first-order valence-corrected chi connectivity index (χ1v) is 18.4. The van der Waals surface area contributed by atoms with Crippen LogP contribution in [0.2, 0.25) is 0 Å². The average molecular weight is 702 g/mol. The molecule has 264 valence electrons. The fourth-order valence-electron chi connectivity index (χ4n) is 6.20. The number of hydrogen-bond acceptors (Lipinski definition) is 6. The molecule has 4 aromatic rings. The number of nitrogens with one attached hydrogen (secondary N) is 1. The van der Waals surface area contributed by atoms with Gasteiger partial charge < -0.3 is 19.7 Å². The van der Waals surface area contributed by atoms with E-state index in [1.54, 1.807) is 37.4 Å². The minimum atomic E-state index is -4.35. The molecule has 1 N–H and O–H groups in total. The monoisotopic (exact) mass is 701 g/mol. The predicted octanol–water partition coefficient (Wildman–Crippen LogP) is 6.52. The number of carbonyl (C=O) groups excluding carboxylic acids is 2. The number of halogens is 1. The standard InChI is InChI=1S/C39H44FN3O6S/c1-3-49-34-21-23-36(24-22-34)50(46,47)43(33-19-17-31(40)18-20-33)28-38(44)42(27-30-13-10-16-35(25-30)48-2)37(26-29-11-6-4-7-12-29)39(45)41-32-14-8-5-9-15-32/h4,6-7,10-13,16-25,32,37H,3,5,8-9,14-15,26-28H2,1-2H3,(H,41,45)/t37-/m1/s1. The van der Waals surface area contributed by atoms with Crippen molar-refractivity contribution in [3.05, 3.63) is 120 Å². The second-order valence-electron chi connectivity index (χ2n) is 12.3. The molecule has 9 nitrogen and oxygen atoms in total. The maximum atomic E-state index is 14.7. The highest BCUT2D eigenvalue weighted by Gasteiger charge is 2.35. The number of nitrogens with zero attached hydrogens (tertiary/aromatic N) is 2. The second-order valence-corrected chi connectivity index (χ2v) is 14.2. The number of anilines is 1. The van der Waals surface area contributed by atoms with E-state index in [1.807, 2.05) is 43.3 Å². The molecule has 0 unspecified atom stereocenters. The maximum Gasteiger partial charge on any atom is 0.264 e. The van der Waals surface area contributed by atoms with Crippen LogP contribution in [0, 0.1) is 5.82 Å². The highest BCUT2D eigenvalue weighted by molar-refractivity contribution is 7.92. The maximum absolute atomic E-state index is 14.7. The highest BCUT2D eigenvalue weighted by atomic mass is 32.2. The minimum Gasteiger partial charge on any atom is -0.497 e. The van der Waals surface area contributed by atoms with Gasteiger partial charge in [0, 0.05) is 19.0 Å². The molecule has 1 aliphatic carbocycles. The number of ether oxygens (including phenoxy) is 2. The van der Waals surface area contributed by atoms with Gasteiger partial charge in [0.15, 0.2) is 0 Å². The molecule has 0 heterocycles. The molecule has 1 saturated carbocycles. The van der Waals surface area contributed by atoms with Crippen LogP contribution >= 0.6 is 0 Å². The van der Waals surface area contributed by atoms with E-state index in [2.05, 4.69) is 5.32 Å². The summed E-state index contributed by atoms with van der Waals surface area (Å²) in [5, 5.41) is 3.20. The summed E-state index contributed by atoms with van der Waals surface area (Å²) in [6.45, 7) is 1.59. The number of rotatable bonds is 15. The van der Waals surface area contributed by atoms with E-state index in [-0.39, 0.29) is 35.5 Å². The smallest absolute Gasteiger partial charge is 0.264 e. The van der Waals surface area contributed by atoms with Crippen molar-refractivity contribution in [3.63, 3.8) is 0 Å². The van der Waals surface area contributed by atoms with Crippen molar-refractivity contribution < 1.29 is 31.9 Å². The third-order valence-electron chi connectivity index (χ3n) is 8.83. The third-order valence-corrected chi connectivity index (χ3v) is 10.6. The fraction of sp³-hybridized carbons (Fsp3) is 0.333. The molecule has 1 aliphatic rings. The van der Waals surface area contributed by atoms with Crippen molar-refractivity contribution in [2.24, 2.45) is 0 Å². The van der Waals surface area contributed by atoms with E-state index in [0.29, 0.717) is 23.7 Å². The summed E-state index contributed by atoms with van der Waals surface area (Å²) in [6, 6.07) is 26.5. The highest BCUT2D eigenvalue weighted by Crippen LogP contribution is 2.27. The number of hydrogen-bond donors (Lipinski definition) is 1. The Morgan fingerprint density at radius 3 is 2.20 bits per heavy atom. The molecule has 0 radical (unpaired) electrons. The fourth-order valence-corrected chi connectivity index (χ4v) is 7.62. The molecule has 0 saturated heterocycles. The van der Waals surface area contributed by atoms with Gasteiger partial charge in [0.2, 0.25) is 11.8 Å². The molecule has 2 amide bonds. The van der Waals surface area contributed by atoms with Crippen LogP contribution in [0.3, 0.4) is 0 Å². The Morgan fingerprint density at radius 1 is 0.860 bits per heavy atom. The Labute approximate surface area is 294 Å². The molecule has 0 aromatic heterocycles. The van der Waals surface area contributed by atoms with Crippen LogP contribution in [0.1, 0.15) is 50.2 Å². The van der Waals surface area contributed by atoms with Gasteiger partial charge in [-0.05, 0) is 91.6 Å². The zero-order valence-corrected chi connectivity index (χ0v) is 29.3. The number of amides is 2. The molecule has 0 aliphatic heterocycles. The number of sulfonamides is 1. The van der Waals surface area contributed by atoms with Crippen molar-refractivity contribution in [3.8, 4) is 11.5 Å². The molecule has 1 atom stereocenters. The summed E-state index contributed by atoms with van der Waals surface area (Å²) in [6.07, 6.45) is 5.05. The zero-order valence-electron chi connectivity index (χ0n) is 28.5. The average Bonchev–Trinajstić information content (AvgIpc) is 3.13. The summed E-state index contributed by atoms with van der Waals surface area (Å²) >= 11 is 0. The van der Waals surface area contributed by atoms with Crippen LogP contribution in [0.5, 0.6) is 11.5 Å². The lowest BCUT2D eigenvalue weighted by Crippen LogP contribution is -2.55. The molecule has 11 heteroatoms. The molecule has 50 heavy (non-hydrogen) atoms. The van der Waals surface area contributed by atoms with Crippen molar-refractivity contribution in [1.82, 2.24) is 10.2 Å². The summed E-state index contributed by atoms with van der Waals surface area (Å²) in [5.74, 6) is -0.397. The summed E-state index contributed by atoms with van der Waals surface area (Å²) in [7, 11) is -2.81. The Kier molecular flexibility index (Phi) is 12.5. The predicted molar refractivity (Wildman–Crippen MR) is 191 cm³/mol. The van der Waals surface area contributed by atoms with E-state index in [4.69, 9.17) is 9.47 Å². The summed E-state index contributed by atoms with van der Waals surface area (Å²) in [4.78, 5) is 30.3. The second kappa shape index (κ2) is 17.2. The Balaban J connectivity index is 1.56. The summed E-state index contributed by atoms with van der Waals surface area (Å²) < 4.78 is 54.5. The van der Waals surface area contributed by atoms with Crippen LogP contribution in [-0.2, 0) is 32.6 Å². The van der Waals surface area contributed by atoms with Crippen LogP contribution in [0.15, 0.2) is 108 Å². The molecule has 4 aromatic carbocycles. The lowest BCUT2D eigenvalue weighted by Gasteiger charge is -2.35. The molecule has 0 bridgehead atoms. The number of carbonyl (C=O) groups is 2. The molecule has 0 spiro atoms. The van der Waals surface area contributed by atoms with Gasteiger partial charge in [-0.2, -0.15) is 0 Å². The lowest BCUT2D eigenvalue weighted by atomic mass is 9.94. The quantitative estimate of drug-likeness (QED) is 0.152. The largest absolute Gasteiger partial charge is 0.497 e. The number of methoxy groups -OCH3 is 1. The van der Waals surface area contributed by atoms with Gasteiger partial charge in [0.25, 0.3) is 10.0 Å². The molecule has 5 rings (SSSR count). The SMILES string of the molecule is CCOc1ccc(S(=O)(=O)N(CC(=O)N(Cc2cccc(OC)c2)[C@H](Cc2ccccc2)C(=O)NC2CCCCC2)c2ccc(F)cc2)cc1. The Morgan fingerprint density at radius 2 is 1.54 bits per heavy atom. The van der Waals surface area contributed by atoms with Crippen molar-refractivity contribution >= 4 is 27.5 Å². The number of benzene rings is 4. The zero-order chi connectivity index (χ0) is 35.5. The molecular formula is C39H44FN3O6S. The summed E-state index contributed by atoms with van der Waals surface area (Å²) in [5.41, 5.74) is 1.64. The van der Waals surface area contributed by atoms with E-state index in [1.165, 1.54) is 29.2 Å². The van der Waals surface area contributed by atoms with E-state index in [9.17, 15) is 22.4 Å². The van der Waals surface area contributed by atoms with Gasteiger partial charge in [-0.25, -0.2) is 12.8 Å². The topological polar surface area (TPSA) is 105 Å². The van der Waals surface area contributed by atoms with Crippen molar-refractivity contribution in [2.45, 2.75) is 69.0 Å². The Bertz CT molecular complexity index is 1820. The minimum absolute atomic E-state index is 0.00593. The molecular weight excluding hydrogens is 658 g/mol. The van der Waals surface area contributed by atoms with Gasteiger partial charge in [0.05, 0.1) is 24.3 Å². The van der Waals surface area contributed by atoms with Crippen molar-refractivity contribution in [1.29, 1.82) is 0 Å². The normalized spacial score (nSPS) is 14.0. The first-order valence-electron chi connectivity index (χ1n) is 17.0. The van der Waals surface area contributed by atoms with E-state index < -0.39 is 34.3 Å². The van der Waals surface area contributed by atoms with Crippen LogP contribution in [-0.4, -0.2) is 57.5 Å². The molecule has 1 fully saturated rings. The van der Waals surface area contributed by atoms with E-state index in [0.717, 1.165) is 54.1 Å². The van der Waals surface area contributed by atoms with E-state index >= 15 is 0 Å².